The molecule has 0 N–H and O–H groups in total. The summed E-state index contributed by atoms with van der Waals surface area (Å²) in [4.78, 5) is 19.1. The Bertz CT molecular complexity index is 1060. The van der Waals surface area contributed by atoms with Crippen LogP contribution in [0.25, 0.3) is 11.4 Å². The molecule has 0 aliphatic carbocycles. The molecule has 0 saturated heterocycles. The molecule has 156 valence electrons. The molecular formula is C23H25N3O4. The minimum absolute atomic E-state index is 0.113. The monoisotopic (exact) mass is 407 g/mol. The summed E-state index contributed by atoms with van der Waals surface area (Å²) in [5.74, 6) is 1.81. The number of hydrogen-bond donors (Lipinski definition) is 0. The SMILES string of the molecule is C=CCN(Cc1nc(-c2ccc(OC)c(OC)c2)no1)C(=O)c1ccc(C)cc1C. The van der Waals surface area contributed by atoms with Gasteiger partial charge in [-0.2, -0.15) is 4.98 Å². The number of aromatic nitrogens is 2. The van der Waals surface area contributed by atoms with Gasteiger partial charge in [-0.3, -0.25) is 4.79 Å². The smallest absolute Gasteiger partial charge is 0.254 e. The molecule has 0 fully saturated rings. The quantitative estimate of drug-likeness (QED) is 0.521. The van der Waals surface area contributed by atoms with Crippen LogP contribution in [-0.2, 0) is 6.54 Å². The third-order valence-corrected chi connectivity index (χ3v) is 4.68. The second kappa shape index (κ2) is 9.26. The number of ether oxygens (including phenoxy) is 2. The Hall–Kier alpha value is -3.61. The van der Waals surface area contributed by atoms with Crippen LogP contribution >= 0.6 is 0 Å². The summed E-state index contributed by atoms with van der Waals surface area (Å²) < 4.78 is 16.0. The van der Waals surface area contributed by atoms with E-state index in [9.17, 15) is 4.79 Å². The predicted octanol–water partition coefficient (Wildman–Crippen LogP) is 4.20. The van der Waals surface area contributed by atoms with E-state index in [0.29, 0.717) is 35.3 Å². The summed E-state index contributed by atoms with van der Waals surface area (Å²) in [7, 11) is 3.14. The van der Waals surface area contributed by atoms with Gasteiger partial charge in [0, 0.05) is 17.7 Å². The fourth-order valence-electron chi connectivity index (χ4n) is 3.17. The number of methoxy groups -OCH3 is 2. The molecule has 2 aromatic carbocycles. The number of hydrogen-bond acceptors (Lipinski definition) is 6. The Morgan fingerprint density at radius 2 is 1.90 bits per heavy atom. The van der Waals surface area contributed by atoms with Crippen LogP contribution < -0.4 is 9.47 Å². The third-order valence-electron chi connectivity index (χ3n) is 4.68. The molecule has 0 aliphatic heterocycles. The maximum atomic E-state index is 13.1. The Kier molecular flexibility index (Phi) is 6.51. The van der Waals surface area contributed by atoms with Gasteiger partial charge in [0.1, 0.15) is 6.54 Å². The van der Waals surface area contributed by atoms with Crippen LogP contribution in [0, 0.1) is 13.8 Å². The van der Waals surface area contributed by atoms with E-state index in [1.807, 2.05) is 38.1 Å². The highest BCUT2D eigenvalue weighted by Crippen LogP contribution is 2.31. The van der Waals surface area contributed by atoms with Crippen molar-refractivity contribution in [2.75, 3.05) is 20.8 Å². The van der Waals surface area contributed by atoms with Gasteiger partial charge < -0.3 is 18.9 Å². The summed E-state index contributed by atoms with van der Waals surface area (Å²) in [6.45, 7) is 8.22. The lowest BCUT2D eigenvalue weighted by molar-refractivity contribution is 0.0744. The first-order valence-corrected chi connectivity index (χ1v) is 9.49. The highest BCUT2D eigenvalue weighted by atomic mass is 16.5. The number of benzene rings is 2. The van der Waals surface area contributed by atoms with E-state index in [-0.39, 0.29) is 12.5 Å². The van der Waals surface area contributed by atoms with E-state index in [0.717, 1.165) is 16.7 Å². The van der Waals surface area contributed by atoms with Crippen molar-refractivity contribution in [3.8, 4) is 22.9 Å². The fourth-order valence-corrected chi connectivity index (χ4v) is 3.17. The van der Waals surface area contributed by atoms with Crippen LogP contribution in [0.4, 0.5) is 0 Å². The Labute approximate surface area is 175 Å². The molecule has 0 unspecified atom stereocenters. The van der Waals surface area contributed by atoms with Gasteiger partial charge in [-0.25, -0.2) is 0 Å². The Morgan fingerprint density at radius 1 is 1.13 bits per heavy atom. The second-order valence-corrected chi connectivity index (χ2v) is 6.87. The fraction of sp³-hybridized carbons (Fsp3) is 0.261. The molecule has 0 radical (unpaired) electrons. The lowest BCUT2D eigenvalue weighted by atomic mass is 10.0. The molecule has 3 rings (SSSR count). The van der Waals surface area contributed by atoms with Crippen molar-refractivity contribution >= 4 is 5.91 Å². The van der Waals surface area contributed by atoms with E-state index in [2.05, 4.69) is 16.7 Å². The average molecular weight is 407 g/mol. The number of amides is 1. The molecule has 0 atom stereocenters. The van der Waals surface area contributed by atoms with Crippen molar-refractivity contribution in [2.24, 2.45) is 0 Å². The van der Waals surface area contributed by atoms with Crippen LogP contribution in [0.3, 0.4) is 0 Å². The van der Waals surface area contributed by atoms with Crippen LogP contribution in [0.15, 0.2) is 53.6 Å². The first kappa shape index (κ1) is 21.1. The van der Waals surface area contributed by atoms with Crippen molar-refractivity contribution < 1.29 is 18.8 Å². The lowest BCUT2D eigenvalue weighted by Crippen LogP contribution is -2.31. The van der Waals surface area contributed by atoms with Gasteiger partial charge in [-0.1, -0.05) is 28.9 Å². The molecule has 7 nitrogen and oxygen atoms in total. The van der Waals surface area contributed by atoms with E-state index in [1.165, 1.54) is 0 Å². The highest BCUT2D eigenvalue weighted by Gasteiger charge is 2.20. The molecule has 1 aromatic heterocycles. The first-order chi connectivity index (χ1) is 14.5. The average Bonchev–Trinajstić information content (AvgIpc) is 3.21. The topological polar surface area (TPSA) is 77.7 Å². The molecule has 1 heterocycles. The van der Waals surface area contributed by atoms with Crippen LogP contribution in [0.5, 0.6) is 11.5 Å². The molecule has 0 aliphatic rings. The van der Waals surface area contributed by atoms with Gasteiger partial charge in [0.2, 0.25) is 11.7 Å². The third kappa shape index (κ3) is 4.51. The number of rotatable bonds is 8. The van der Waals surface area contributed by atoms with Gasteiger partial charge in [-0.15, -0.1) is 6.58 Å². The van der Waals surface area contributed by atoms with Crippen LogP contribution in [-0.4, -0.2) is 41.7 Å². The molecule has 0 saturated carbocycles. The molecule has 1 amide bonds. The van der Waals surface area contributed by atoms with E-state index in [1.54, 1.807) is 37.3 Å². The van der Waals surface area contributed by atoms with Crippen molar-refractivity contribution in [1.29, 1.82) is 0 Å². The largest absolute Gasteiger partial charge is 0.493 e. The van der Waals surface area contributed by atoms with Crippen LogP contribution in [0.2, 0.25) is 0 Å². The molecule has 0 spiro atoms. The minimum atomic E-state index is -0.113. The zero-order valence-corrected chi connectivity index (χ0v) is 17.6. The Morgan fingerprint density at radius 3 is 2.57 bits per heavy atom. The molecule has 0 bridgehead atoms. The summed E-state index contributed by atoms with van der Waals surface area (Å²) in [6.07, 6.45) is 1.67. The lowest BCUT2D eigenvalue weighted by Gasteiger charge is -2.20. The van der Waals surface area contributed by atoms with Crippen molar-refractivity contribution in [3.05, 3.63) is 71.6 Å². The Balaban J connectivity index is 1.83. The standard InChI is InChI=1S/C23H25N3O4/c1-6-11-26(23(27)18-9-7-15(2)12-16(18)3)14-21-24-22(25-30-21)17-8-10-19(28-4)20(13-17)29-5/h6-10,12-13H,1,11,14H2,2-5H3. The molecule has 30 heavy (non-hydrogen) atoms. The van der Waals surface area contributed by atoms with Gasteiger partial charge in [0.05, 0.1) is 14.2 Å². The summed E-state index contributed by atoms with van der Waals surface area (Å²) in [5, 5.41) is 4.05. The van der Waals surface area contributed by atoms with E-state index < -0.39 is 0 Å². The minimum Gasteiger partial charge on any atom is -0.493 e. The zero-order chi connectivity index (χ0) is 21.7. The van der Waals surface area contributed by atoms with Gasteiger partial charge >= 0.3 is 0 Å². The summed E-state index contributed by atoms with van der Waals surface area (Å²) >= 11 is 0. The number of aryl methyl sites for hydroxylation is 2. The molecular weight excluding hydrogens is 382 g/mol. The van der Waals surface area contributed by atoms with Crippen molar-refractivity contribution in [1.82, 2.24) is 15.0 Å². The van der Waals surface area contributed by atoms with Crippen LogP contribution in [0.1, 0.15) is 27.4 Å². The number of carbonyl (C=O) groups is 1. The maximum Gasteiger partial charge on any atom is 0.254 e. The summed E-state index contributed by atoms with van der Waals surface area (Å²) in [5.41, 5.74) is 3.39. The van der Waals surface area contributed by atoms with Gasteiger partial charge in [-0.05, 0) is 43.7 Å². The van der Waals surface area contributed by atoms with E-state index in [4.69, 9.17) is 14.0 Å². The van der Waals surface area contributed by atoms with Crippen molar-refractivity contribution in [2.45, 2.75) is 20.4 Å². The molecule has 7 heteroatoms. The second-order valence-electron chi connectivity index (χ2n) is 6.87. The number of carbonyl (C=O) groups excluding carboxylic acids is 1. The highest BCUT2D eigenvalue weighted by molar-refractivity contribution is 5.95. The van der Waals surface area contributed by atoms with E-state index >= 15 is 0 Å². The maximum absolute atomic E-state index is 13.1. The van der Waals surface area contributed by atoms with Gasteiger partial charge in [0.25, 0.3) is 5.91 Å². The first-order valence-electron chi connectivity index (χ1n) is 9.49. The normalized spacial score (nSPS) is 10.5. The molecule has 3 aromatic rings. The summed E-state index contributed by atoms with van der Waals surface area (Å²) in [6, 6.07) is 11.1. The van der Waals surface area contributed by atoms with Crippen molar-refractivity contribution in [3.63, 3.8) is 0 Å². The predicted molar refractivity (Wildman–Crippen MR) is 114 cm³/mol. The van der Waals surface area contributed by atoms with Gasteiger partial charge in [0.15, 0.2) is 11.5 Å². The zero-order valence-electron chi connectivity index (χ0n) is 17.6. The number of nitrogens with zero attached hydrogens (tertiary/aromatic N) is 3.